The van der Waals surface area contributed by atoms with Crippen LogP contribution >= 0.6 is 0 Å². The molecule has 2 aromatic carbocycles. The Balaban J connectivity index is 1.77. The summed E-state index contributed by atoms with van der Waals surface area (Å²) in [7, 11) is 1.88. The van der Waals surface area contributed by atoms with Gasteiger partial charge in [0.15, 0.2) is 11.5 Å². The number of hydrogen-bond donors (Lipinski definition) is 0. The van der Waals surface area contributed by atoms with E-state index < -0.39 is 0 Å². The van der Waals surface area contributed by atoms with E-state index in [-0.39, 0.29) is 12.7 Å². The predicted octanol–water partition coefficient (Wildman–Crippen LogP) is 2.95. The normalized spacial score (nSPS) is 13.0. The molecule has 6 nitrogen and oxygen atoms in total. The molecule has 0 atom stereocenters. The van der Waals surface area contributed by atoms with Crippen LogP contribution in [0.4, 0.5) is 0 Å². The zero-order chi connectivity index (χ0) is 16.3. The lowest BCUT2D eigenvalue weighted by Crippen LogP contribution is -2.11. The molecular formula is C18H13N3O3. The van der Waals surface area contributed by atoms with Gasteiger partial charge in [-0.3, -0.25) is 14.0 Å². The number of nitrogens with zero attached hydrogens (tertiary/aromatic N) is 3. The van der Waals surface area contributed by atoms with Crippen molar-refractivity contribution >= 4 is 27.8 Å². The Labute approximate surface area is 136 Å². The number of aryl methyl sites for hydroxylation is 1. The van der Waals surface area contributed by atoms with E-state index >= 15 is 0 Å². The molecule has 4 aromatic rings. The Hall–Kier alpha value is -3.28. The van der Waals surface area contributed by atoms with Crippen molar-refractivity contribution in [3.05, 3.63) is 54.2 Å². The molecule has 0 unspecified atom stereocenters. The predicted molar refractivity (Wildman–Crippen MR) is 88.5 cm³/mol. The third-order valence-corrected chi connectivity index (χ3v) is 4.38. The van der Waals surface area contributed by atoms with Gasteiger partial charge in [-0.25, -0.2) is 0 Å². The van der Waals surface area contributed by atoms with Gasteiger partial charge in [0.05, 0.1) is 22.7 Å². The Morgan fingerprint density at radius 1 is 1.08 bits per heavy atom. The number of benzene rings is 2. The Morgan fingerprint density at radius 3 is 2.83 bits per heavy atom. The van der Waals surface area contributed by atoms with Gasteiger partial charge in [0, 0.05) is 18.0 Å². The fraction of sp³-hybridized carbons (Fsp3) is 0.111. The average Bonchev–Trinajstić information content (AvgIpc) is 3.29. The van der Waals surface area contributed by atoms with Gasteiger partial charge in [-0.05, 0) is 24.3 Å². The second-order valence-corrected chi connectivity index (χ2v) is 5.73. The van der Waals surface area contributed by atoms with E-state index in [2.05, 4.69) is 5.10 Å². The highest BCUT2D eigenvalue weighted by Crippen LogP contribution is 2.34. The molecule has 0 amide bonds. The first-order valence-corrected chi connectivity index (χ1v) is 7.59. The molecule has 0 radical (unpaired) electrons. The molecule has 0 fully saturated rings. The second-order valence-electron chi connectivity index (χ2n) is 5.73. The van der Waals surface area contributed by atoms with Crippen LogP contribution in [0.3, 0.4) is 0 Å². The summed E-state index contributed by atoms with van der Waals surface area (Å²) in [6.07, 6.45) is 1.72. The highest BCUT2D eigenvalue weighted by Gasteiger charge is 2.22. The monoisotopic (exact) mass is 319 g/mol. The molecule has 118 valence electrons. The van der Waals surface area contributed by atoms with Crippen molar-refractivity contribution in [1.29, 1.82) is 0 Å². The molecule has 0 N–H and O–H groups in total. The number of hydrogen-bond acceptors (Lipinski definition) is 4. The van der Waals surface area contributed by atoms with Crippen LogP contribution in [0.5, 0.6) is 11.5 Å². The molecule has 1 aliphatic rings. The van der Waals surface area contributed by atoms with Gasteiger partial charge >= 0.3 is 0 Å². The molecule has 0 bridgehead atoms. The minimum atomic E-state index is -0.118. The topological polar surface area (TPSA) is 58.3 Å². The first-order chi connectivity index (χ1) is 11.7. The number of carbonyl (C=O) groups is 1. The maximum Gasteiger partial charge on any atom is 0.263 e. The van der Waals surface area contributed by atoms with Crippen molar-refractivity contribution < 1.29 is 14.3 Å². The van der Waals surface area contributed by atoms with Crippen molar-refractivity contribution in [1.82, 2.24) is 14.3 Å². The maximum atomic E-state index is 13.2. The lowest BCUT2D eigenvalue weighted by atomic mass is 10.2. The molecular weight excluding hydrogens is 306 g/mol. The average molecular weight is 319 g/mol. The van der Waals surface area contributed by atoms with Gasteiger partial charge in [0.2, 0.25) is 6.79 Å². The molecule has 2 aromatic heterocycles. The van der Waals surface area contributed by atoms with E-state index in [1.807, 2.05) is 31.3 Å². The van der Waals surface area contributed by atoms with Gasteiger partial charge in [-0.1, -0.05) is 18.2 Å². The number of para-hydroxylation sites is 1. The summed E-state index contributed by atoms with van der Waals surface area (Å²) in [5.74, 6) is 1.14. The molecule has 1 aliphatic heterocycles. The van der Waals surface area contributed by atoms with E-state index in [1.54, 1.807) is 33.6 Å². The molecule has 0 aliphatic carbocycles. The Kier molecular flexibility index (Phi) is 2.53. The highest BCUT2D eigenvalue weighted by atomic mass is 16.7. The van der Waals surface area contributed by atoms with E-state index in [0.29, 0.717) is 17.1 Å². The SMILES string of the molecule is Cn1ncc2c1c1ccccc1n2C(=O)c1ccc2c(c1)OCO2. The van der Waals surface area contributed by atoms with Crippen molar-refractivity contribution in [3.8, 4) is 11.5 Å². The number of ether oxygens (including phenoxy) is 2. The first kappa shape index (κ1) is 13.2. The minimum Gasteiger partial charge on any atom is -0.454 e. The van der Waals surface area contributed by atoms with Crippen LogP contribution in [-0.2, 0) is 7.05 Å². The number of aromatic nitrogens is 3. The maximum absolute atomic E-state index is 13.2. The molecule has 5 rings (SSSR count). The van der Waals surface area contributed by atoms with Gasteiger partial charge < -0.3 is 9.47 Å². The largest absolute Gasteiger partial charge is 0.454 e. The van der Waals surface area contributed by atoms with E-state index in [0.717, 1.165) is 21.9 Å². The smallest absolute Gasteiger partial charge is 0.263 e. The fourth-order valence-corrected chi connectivity index (χ4v) is 3.28. The van der Waals surface area contributed by atoms with E-state index in [4.69, 9.17) is 9.47 Å². The minimum absolute atomic E-state index is 0.118. The highest BCUT2D eigenvalue weighted by molar-refractivity contribution is 6.15. The van der Waals surface area contributed by atoms with Crippen LogP contribution in [0.25, 0.3) is 21.9 Å². The zero-order valence-electron chi connectivity index (χ0n) is 12.9. The summed E-state index contributed by atoms with van der Waals surface area (Å²) in [6, 6.07) is 13.1. The van der Waals surface area contributed by atoms with Crippen LogP contribution in [0.1, 0.15) is 10.4 Å². The van der Waals surface area contributed by atoms with E-state index in [1.165, 1.54) is 0 Å². The standard InChI is InChI=1S/C18H13N3O3/c1-20-17-12-4-2-3-5-13(12)21(14(17)9-19-20)18(22)11-6-7-15-16(8-11)24-10-23-15/h2-9H,10H2,1H3. The molecule has 6 heteroatoms. The van der Waals surface area contributed by atoms with Crippen molar-refractivity contribution in [2.45, 2.75) is 0 Å². The number of carbonyl (C=O) groups excluding carboxylic acids is 1. The summed E-state index contributed by atoms with van der Waals surface area (Å²) in [6.45, 7) is 0.187. The lowest BCUT2D eigenvalue weighted by molar-refractivity contribution is 0.0969. The summed E-state index contributed by atoms with van der Waals surface area (Å²) >= 11 is 0. The summed E-state index contributed by atoms with van der Waals surface area (Å²) in [5, 5.41) is 5.30. The van der Waals surface area contributed by atoms with Crippen LogP contribution in [-0.4, -0.2) is 27.0 Å². The van der Waals surface area contributed by atoms with Crippen LogP contribution < -0.4 is 9.47 Å². The summed E-state index contributed by atoms with van der Waals surface area (Å²) in [5.41, 5.74) is 3.15. The van der Waals surface area contributed by atoms with Gasteiger partial charge in [-0.2, -0.15) is 5.10 Å². The fourth-order valence-electron chi connectivity index (χ4n) is 3.28. The van der Waals surface area contributed by atoms with Crippen LogP contribution in [0.15, 0.2) is 48.7 Å². The zero-order valence-corrected chi connectivity index (χ0v) is 12.9. The Bertz CT molecular complexity index is 1120. The lowest BCUT2D eigenvalue weighted by Gasteiger charge is -2.06. The molecule has 0 saturated carbocycles. The van der Waals surface area contributed by atoms with Crippen molar-refractivity contribution in [3.63, 3.8) is 0 Å². The second kappa shape index (κ2) is 4.61. The quantitative estimate of drug-likeness (QED) is 0.541. The third-order valence-electron chi connectivity index (χ3n) is 4.38. The molecule has 0 saturated heterocycles. The van der Waals surface area contributed by atoms with Crippen LogP contribution in [0, 0.1) is 0 Å². The van der Waals surface area contributed by atoms with Crippen molar-refractivity contribution in [2.75, 3.05) is 6.79 Å². The van der Waals surface area contributed by atoms with Crippen LogP contribution in [0.2, 0.25) is 0 Å². The van der Waals surface area contributed by atoms with Crippen molar-refractivity contribution in [2.24, 2.45) is 7.05 Å². The Morgan fingerprint density at radius 2 is 1.92 bits per heavy atom. The summed E-state index contributed by atoms with van der Waals surface area (Å²) in [4.78, 5) is 13.2. The first-order valence-electron chi connectivity index (χ1n) is 7.59. The van der Waals surface area contributed by atoms with Gasteiger partial charge in [0.1, 0.15) is 0 Å². The van der Waals surface area contributed by atoms with Gasteiger partial charge in [0.25, 0.3) is 5.91 Å². The number of fused-ring (bicyclic) bond motifs is 4. The van der Waals surface area contributed by atoms with E-state index in [9.17, 15) is 4.79 Å². The molecule has 0 spiro atoms. The molecule has 3 heterocycles. The van der Waals surface area contributed by atoms with Gasteiger partial charge in [-0.15, -0.1) is 0 Å². The number of rotatable bonds is 1. The summed E-state index contributed by atoms with van der Waals surface area (Å²) < 4.78 is 14.2. The molecule has 24 heavy (non-hydrogen) atoms. The third kappa shape index (κ3) is 1.65.